The van der Waals surface area contributed by atoms with Gasteiger partial charge in [-0.25, -0.2) is 14.8 Å². The zero-order valence-electron chi connectivity index (χ0n) is 14.5. The molecule has 1 saturated carbocycles. The number of carboxylic acids is 1. The molecule has 1 unspecified atom stereocenters. The average molecular weight is 344 g/mol. The highest BCUT2D eigenvalue weighted by Gasteiger charge is 2.51. The molecule has 1 N–H and O–H groups in total. The molecule has 1 aromatic heterocycles. The molecule has 4 rings (SSSR count). The molecule has 1 aliphatic carbocycles. The third-order valence-electron chi connectivity index (χ3n) is 5.91. The van der Waals surface area contributed by atoms with E-state index in [-0.39, 0.29) is 17.2 Å². The first kappa shape index (κ1) is 16.3. The summed E-state index contributed by atoms with van der Waals surface area (Å²) < 4.78 is 0. The number of carbonyl (C=O) groups is 2. The maximum Gasteiger partial charge on any atom is 0.326 e. The summed E-state index contributed by atoms with van der Waals surface area (Å²) in [6, 6.07) is 1.27. The number of carbonyl (C=O) groups excluding carboxylic acids is 1. The normalized spacial score (nSPS) is 25.4. The summed E-state index contributed by atoms with van der Waals surface area (Å²) in [6.45, 7) is 4.16. The number of aryl methyl sites for hydroxylation is 1. The van der Waals surface area contributed by atoms with Crippen LogP contribution in [0.3, 0.4) is 0 Å². The number of anilines is 1. The van der Waals surface area contributed by atoms with Crippen LogP contribution in [0.1, 0.15) is 37.9 Å². The van der Waals surface area contributed by atoms with Crippen LogP contribution in [0.25, 0.3) is 0 Å². The topological polar surface area (TPSA) is 86.6 Å². The average Bonchev–Trinajstić information content (AvgIpc) is 3.37. The van der Waals surface area contributed by atoms with E-state index in [0.29, 0.717) is 13.0 Å². The lowest BCUT2D eigenvalue weighted by molar-refractivity contribution is -0.148. The standard InChI is InChI=1S/C18H24N4O3/c1-12-19-7-4-15(20-12)21-8-5-18(6-9-21)10-14(17(24)25)22(11-18)16(23)13-2-3-13/h4,7,13-14H,2-3,5-6,8-11H2,1H3,(H,24,25). The van der Waals surface area contributed by atoms with Gasteiger partial charge in [0, 0.05) is 31.7 Å². The van der Waals surface area contributed by atoms with Crippen LogP contribution in [0.2, 0.25) is 0 Å². The van der Waals surface area contributed by atoms with Crippen LogP contribution in [0, 0.1) is 18.3 Å². The Labute approximate surface area is 147 Å². The number of amides is 1. The maximum absolute atomic E-state index is 12.5. The van der Waals surface area contributed by atoms with Crippen molar-refractivity contribution in [3.05, 3.63) is 18.1 Å². The number of aliphatic carboxylic acids is 1. The largest absolute Gasteiger partial charge is 0.480 e. The molecule has 0 radical (unpaired) electrons. The first-order valence-electron chi connectivity index (χ1n) is 9.05. The van der Waals surface area contributed by atoms with Crippen LogP contribution in [-0.2, 0) is 9.59 Å². The van der Waals surface area contributed by atoms with E-state index in [1.54, 1.807) is 11.1 Å². The van der Waals surface area contributed by atoms with Gasteiger partial charge in [0.2, 0.25) is 5.91 Å². The van der Waals surface area contributed by atoms with E-state index in [9.17, 15) is 14.7 Å². The van der Waals surface area contributed by atoms with Gasteiger partial charge >= 0.3 is 5.97 Å². The van der Waals surface area contributed by atoms with Gasteiger partial charge in [-0.05, 0) is 50.5 Å². The van der Waals surface area contributed by atoms with Crippen LogP contribution in [0.4, 0.5) is 5.82 Å². The lowest BCUT2D eigenvalue weighted by Crippen LogP contribution is -2.43. The Bertz CT molecular complexity index is 695. The summed E-state index contributed by atoms with van der Waals surface area (Å²) in [5.74, 6) is 0.950. The number of likely N-dealkylation sites (tertiary alicyclic amines) is 1. The van der Waals surface area contributed by atoms with Crippen LogP contribution in [0.15, 0.2) is 12.3 Å². The molecule has 3 heterocycles. The fourth-order valence-electron chi connectivity index (χ4n) is 4.27. The fraction of sp³-hybridized carbons (Fsp3) is 0.667. The van der Waals surface area contributed by atoms with Crippen LogP contribution in [0.5, 0.6) is 0 Å². The molecule has 134 valence electrons. The predicted molar refractivity (Wildman–Crippen MR) is 91.1 cm³/mol. The summed E-state index contributed by atoms with van der Waals surface area (Å²) in [5, 5.41) is 9.59. The van der Waals surface area contributed by atoms with Gasteiger partial charge in [0.25, 0.3) is 0 Å². The van der Waals surface area contributed by atoms with Gasteiger partial charge < -0.3 is 14.9 Å². The Kier molecular flexibility index (Phi) is 3.89. The summed E-state index contributed by atoms with van der Waals surface area (Å²) in [5.41, 5.74) is -0.0633. The van der Waals surface area contributed by atoms with E-state index < -0.39 is 12.0 Å². The molecular formula is C18H24N4O3. The van der Waals surface area contributed by atoms with E-state index >= 15 is 0 Å². The van der Waals surface area contributed by atoms with Crippen LogP contribution in [-0.4, -0.2) is 57.5 Å². The minimum atomic E-state index is -0.861. The lowest BCUT2D eigenvalue weighted by Gasteiger charge is -2.39. The number of piperidine rings is 1. The molecule has 0 bridgehead atoms. The van der Waals surface area contributed by atoms with Gasteiger partial charge in [0.05, 0.1) is 0 Å². The molecule has 2 saturated heterocycles. The Morgan fingerprint density at radius 3 is 2.60 bits per heavy atom. The first-order chi connectivity index (χ1) is 12.0. The minimum Gasteiger partial charge on any atom is -0.480 e. The smallest absolute Gasteiger partial charge is 0.326 e. The molecule has 25 heavy (non-hydrogen) atoms. The van der Waals surface area contributed by atoms with E-state index in [4.69, 9.17) is 0 Å². The number of nitrogens with zero attached hydrogens (tertiary/aromatic N) is 4. The van der Waals surface area contributed by atoms with Gasteiger partial charge in [0.1, 0.15) is 17.7 Å². The van der Waals surface area contributed by atoms with Crippen LogP contribution >= 0.6 is 0 Å². The Hall–Kier alpha value is -2.18. The second-order valence-electron chi connectivity index (χ2n) is 7.75. The van der Waals surface area contributed by atoms with Gasteiger partial charge in [-0.15, -0.1) is 0 Å². The third kappa shape index (κ3) is 3.07. The van der Waals surface area contributed by atoms with Crippen molar-refractivity contribution in [2.75, 3.05) is 24.5 Å². The van der Waals surface area contributed by atoms with Gasteiger partial charge in [-0.3, -0.25) is 4.79 Å². The maximum atomic E-state index is 12.5. The fourth-order valence-corrected chi connectivity index (χ4v) is 4.27. The molecular weight excluding hydrogens is 320 g/mol. The van der Waals surface area contributed by atoms with Gasteiger partial charge in [-0.2, -0.15) is 0 Å². The predicted octanol–water partition coefficient (Wildman–Crippen LogP) is 1.47. The van der Waals surface area contributed by atoms with E-state index in [1.165, 1.54) is 0 Å². The van der Waals surface area contributed by atoms with Crippen molar-refractivity contribution in [3.8, 4) is 0 Å². The van der Waals surface area contributed by atoms with E-state index in [2.05, 4.69) is 14.9 Å². The molecule has 2 aliphatic heterocycles. The van der Waals surface area contributed by atoms with Crippen molar-refractivity contribution in [1.82, 2.24) is 14.9 Å². The van der Waals surface area contributed by atoms with Crippen molar-refractivity contribution in [2.24, 2.45) is 11.3 Å². The molecule has 1 atom stereocenters. The van der Waals surface area contributed by atoms with Crippen molar-refractivity contribution >= 4 is 17.7 Å². The Morgan fingerprint density at radius 2 is 2.00 bits per heavy atom. The number of carboxylic acid groups (broad SMARTS) is 1. The molecule has 3 fully saturated rings. The molecule has 1 spiro atoms. The number of hydrogen-bond donors (Lipinski definition) is 1. The van der Waals surface area contributed by atoms with Crippen molar-refractivity contribution in [2.45, 2.75) is 45.1 Å². The number of aromatic nitrogens is 2. The van der Waals surface area contributed by atoms with Gasteiger partial charge in [-0.1, -0.05) is 0 Å². The molecule has 1 aromatic rings. The second-order valence-corrected chi connectivity index (χ2v) is 7.75. The SMILES string of the molecule is Cc1nccc(N2CCC3(CC2)CC(C(=O)O)N(C(=O)C2CC2)C3)n1. The quantitative estimate of drug-likeness (QED) is 0.893. The summed E-state index contributed by atoms with van der Waals surface area (Å²) in [7, 11) is 0. The second kappa shape index (κ2) is 5.97. The highest BCUT2D eigenvalue weighted by Crippen LogP contribution is 2.46. The Balaban J connectivity index is 1.46. The highest BCUT2D eigenvalue weighted by molar-refractivity contribution is 5.87. The molecule has 7 nitrogen and oxygen atoms in total. The summed E-state index contributed by atoms with van der Waals surface area (Å²) >= 11 is 0. The summed E-state index contributed by atoms with van der Waals surface area (Å²) in [6.07, 6.45) is 5.97. The third-order valence-corrected chi connectivity index (χ3v) is 5.91. The van der Waals surface area contributed by atoms with Crippen LogP contribution < -0.4 is 4.90 Å². The number of hydrogen-bond acceptors (Lipinski definition) is 5. The Morgan fingerprint density at radius 1 is 1.28 bits per heavy atom. The van der Waals surface area contributed by atoms with Crippen molar-refractivity contribution in [3.63, 3.8) is 0 Å². The lowest BCUT2D eigenvalue weighted by atomic mass is 9.76. The zero-order valence-corrected chi connectivity index (χ0v) is 14.5. The molecule has 0 aromatic carbocycles. The monoisotopic (exact) mass is 344 g/mol. The van der Waals surface area contributed by atoms with Gasteiger partial charge in [0.15, 0.2) is 0 Å². The minimum absolute atomic E-state index is 0.0538. The summed E-state index contributed by atoms with van der Waals surface area (Å²) in [4.78, 5) is 36.7. The molecule has 7 heteroatoms. The molecule has 1 amide bonds. The molecule has 3 aliphatic rings. The highest BCUT2D eigenvalue weighted by atomic mass is 16.4. The zero-order chi connectivity index (χ0) is 17.6. The van der Waals surface area contributed by atoms with E-state index in [1.807, 2.05) is 13.0 Å². The first-order valence-corrected chi connectivity index (χ1v) is 9.05. The van der Waals surface area contributed by atoms with Crippen molar-refractivity contribution in [1.29, 1.82) is 0 Å². The van der Waals surface area contributed by atoms with E-state index in [0.717, 1.165) is 50.4 Å². The number of rotatable bonds is 3. The van der Waals surface area contributed by atoms with Crippen molar-refractivity contribution < 1.29 is 14.7 Å².